The van der Waals surface area contributed by atoms with Crippen LogP contribution in [-0.2, 0) is 10.0 Å². The highest BCUT2D eigenvalue weighted by Gasteiger charge is 2.20. The Bertz CT molecular complexity index is 1320. The van der Waals surface area contributed by atoms with Gasteiger partial charge in [-0.25, -0.2) is 8.42 Å². The van der Waals surface area contributed by atoms with Gasteiger partial charge in [-0.15, -0.1) is 0 Å². The summed E-state index contributed by atoms with van der Waals surface area (Å²) >= 11 is 0. The Balaban J connectivity index is 1.51. The number of amides is 2. The van der Waals surface area contributed by atoms with Crippen molar-refractivity contribution < 1.29 is 18.0 Å². The molecule has 1 aliphatic carbocycles. The van der Waals surface area contributed by atoms with Crippen LogP contribution < -0.4 is 15.4 Å². The van der Waals surface area contributed by atoms with E-state index in [1.54, 1.807) is 61.5 Å². The van der Waals surface area contributed by atoms with Gasteiger partial charge in [-0.3, -0.25) is 14.3 Å². The Kier molecular flexibility index (Phi) is 7.51. The molecule has 0 aliphatic heterocycles. The fourth-order valence-corrected chi connectivity index (χ4v) is 5.31. The molecule has 1 aliphatic rings. The Hall–Kier alpha value is -3.65. The number of carbonyl (C=O) groups is 2. The van der Waals surface area contributed by atoms with E-state index >= 15 is 0 Å². The molecule has 4 rings (SSSR count). The molecule has 3 N–H and O–H groups in total. The van der Waals surface area contributed by atoms with Gasteiger partial charge in [0.25, 0.3) is 21.8 Å². The second kappa shape index (κ2) is 10.7. The van der Waals surface area contributed by atoms with E-state index in [0.29, 0.717) is 22.5 Å². The summed E-state index contributed by atoms with van der Waals surface area (Å²) in [7, 11) is -3.80. The van der Waals surface area contributed by atoms with Gasteiger partial charge < -0.3 is 10.6 Å². The fraction of sp³-hybridized carbons (Fsp3) is 0.259. The molecule has 3 aromatic rings. The van der Waals surface area contributed by atoms with Crippen molar-refractivity contribution in [2.24, 2.45) is 0 Å². The second-order valence-electron chi connectivity index (χ2n) is 8.76. The molecule has 0 heterocycles. The molecular weight excluding hydrogens is 462 g/mol. The van der Waals surface area contributed by atoms with Crippen LogP contribution in [-0.4, -0.2) is 26.3 Å². The molecule has 0 spiro atoms. The van der Waals surface area contributed by atoms with Crippen molar-refractivity contribution >= 4 is 33.2 Å². The molecule has 0 radical (unpaired) electrons. The van der Waals surface area contributed by atoms with Gasteiger partial charge in [-0.1, -0.05) is 55.7 Å². The first-order valence-electron chi connectivity index (χ1n) is 11.7. The van der Waals surface area contributed by atoms with E-state index < -0.39 is 15.9 Å². The molecule has 0 unspecified atom stereocenters. The normalized spacial score (nSPS) is 14.2. The van der Waals surface area contributed by atoms with E-state index in [9.17, 15) is 18.0 Å². The summed E-state index contributed by atoms with van der Waals surface area (Å²) in [6, 6.07) is 19.9. The summed E-state index contributed by atoms with van der Waals surface area (Å²) in [6.07, 6.45) is 5.33. The van der Waals surface area contributed by atoms with E-state index in [0.717, 1.165) is 25.7 Å². The van der Waals surface area contributed by atoms with Crippen molar-refractivity contribution in [2.45, 2.75) is 50.0 Å². The molecule has 35 heavy (non-hydrogen) atoms. The number of para-hydroxylation sites is 1. The average Bonchev–Trinajstić information content (AvgIpc) is 2.86. The summed E-state index contributed by atoms with van der Waals surface area (Å²) in [5.41, 5.74) is 2.04. The highest BCUT2D eigenvalue weighted by Crippen LogP contribution is 2.24. The van der Waals surface area contributed by atoms with Crippen molar-refractivity contribution in [2.75, 3.05) is 10.0 Å². The quantitative estimate of drug-likeness (QED) is 0.427. The maximum absolute atomic E-state index is 13.1. The van der Waals surface area contributed by atoms with Crippen LogP contribution in [0.5, 0.6) is 0 Å². The molecule has 8 heteroatoms. The van der Waals surface area contributed by atoms with Crippen molar-refractivity contribution in [1.82, 2.24) is 5.32 Å². The lowest BCUT2D eigenvalue weighted by molar-refractivity contribution is 0.0928. The smallest absolute Gasteiger partial charge is 0.261 e. The topological polar surface area (TPSA) is 104 Å². The molecule has 7 nitrogen and oxygen atoms in total. The van der Waals surface area contributed by atoms with Crippen molar-refractivity contribution in [1.29, 1.82) is 0 Å². The zero-order valence-electron chi connectivity index (χ0n) is 19.6. The lowest BCUT2D eigenvalue weighted by atomic mass is 9.95. The molecule has 2 amide bonds. The highest BCUT2D eigenvalue weighted by molar-refractivity contribution is 7.92. The average molecular weight is 492 g/mol. The minimum Gasteiger partial charge on any atom is -0.349 e. The number of hydrogen-bond acceptors (Lipinski definition) is 4. The van der Waals surface area contributed by atoms with Gasteiger partial charge in [0.05, 0.1) is 21.8 Å². The summed E-state index contributed by atoms with van der Waals surface area (Å²) in [6.45, 7) is 1.76. The first-order chi connectivity index (χ1) is 16.8. The summed E-state index contributed by atoms with van der Waals surface area (Å²) < 4.78 is 28.1. The van der Waals surface area contributed by atoms with Gasteiger partial charge in [0.1, 0.15) is 0 Å². The summed E-state index contributed by atoms with van der Waals surface area (Å²) in [4.78, 5) is 26.1. The van der Waals surface area contributed by atoms with Gasteiger partial charge >= 0.3 is 0 Å². The van der Waals surface area contributed by atoms with Crippen molar-refractivity contribution in [3.8, 4) is 0 Å². The summed E-state index contributed by atoms with van der Waals surface area (Å²) in [5, 5.41) is 5.89. The number of rotatable bonds is 7. The highest BCUT2D eigenvalue weighted by atomic mass is 32.2. The molecule has 0 aromatic heterocycles. The monoisotopic (exact) mass is 491 g/mol. The number of benzene rings is 3. The first-order valence-corrected chi connectivity index (χ1v) is 13.2. The lowest BCUT2D eigenvalue weighted by Gasteiger charge is -2.23. The standard InChI is InChI=1S/C27H29N3O4S/c1-19-16-17-20(18-25(19)30-35(33,34)22-12-6-3-7-13-22)26(31)29-24-15-9-8-14-23(24)27(32)28-21-10-4-2-5-11-21/h3,6-9,12-18,21,30H,2,4-5,10-11H2,1H3,(H,28,32)(H,29,31). The Morgan fingerprint density at radius 1 is 0.800 bits per heavy atom. The zero-order valence-corrected chi connectivity index (χ0v) is 20.4. The number of nitrogens with one attached hydrogen (secondary N) is 3. The van der Waals surface area contributed by atoms with Gasteiger partial charge in [0, 0.05) is 11.6 Å². The fourth-order valence-electron chi connectivity index (χ4n) is 4.17. The molecule has 1 saturated carbocycles. The van der Waals surface area contributed by atoms with E-state index in [-0.39, 0.29) is 22.4 Å². The number of anilines is 2. The number of aryl methyl sites for hydroxylation is 1. The van der Waals surface area contributed by atoms with E-state index in [2.05, 4.69) is 15.4 Å². The number of carbonyl (C=O) groups excluding carboxylic acids is 2. The van der Waals surface area contributed by atoms with Gasteiger partial charge in [-0.05, 0) is 61.7 Å². The number of hydrogen-bond donors (Lipinski definition) is 3. The third-order valence-electron chi connectivity index (χ3n) is 6.16. The first kappa shape index (κ1) is 24.5. The maximum atomic E-state index is 13.1. The van der Waals surface area contributed by atoms with Crippen LogP contribution >= 0.6 is 0 Å². The van der Waals surface area contributed by atoms with Crippen LogP contribution in [0.2, 0.25) is 0 Å². The SMILES string of the molecule is Cc1ccc(C(=O)Nc2ccccc2C(=O)NC2CCCCC2)cc1NS(=O)(=O)c1ccccc1. The van der Waals surface area contributed by atoms with Crippen LogP contribution in [0.25, 0.3) is 0 Å². The van der Waals surface area contributed by atoms with Gasteiger partial charge in [-0.2, -0.15) is 0 Å². The van der Waals surface area contributed by atoms with E-state index in [1.807, 2.05) is 0 Å². The second-order valence-corrected chi connectivity index (χ2v) is 10.4. The molecule has 0 saturated heterocycles. The van der Waals surface area contributed by atoms with Crippen molar-refractivity contribution in [3.05, 3.63) is 89.5 Å². The Labute approximate surface area is 206 Å². The summed E-state index contributed by atoms with van der Waals surface area (Å²) in [5.74, 6) is -0.656. The largest absolute Gasteiger partial charge is 0.349 e. The van der Waals surface area contributed by atoms with Crippen LogP contribution in [0.1, 0.15) is 58.4 Å². The van der Waals surface area contributed by atoms with Crippen molar-refractivity contribution in [3.63, 3.8) is 0 Å². The lowest BCUT2D eigenvalue weighted by Crippen LogP contribution is -2.36. The molecule has 182 valence electrons. The van der Waals surface area contributed by atoms with Gasteiger partial charge in [0.2, 0.25) is 0 Å². The van der Waals surface area contributed by atoms with Crippen LogP contribution in [0, 0.1) is 6.92 Å². The van der Waals surface area contributed by atoms with Gasteiger partial charge in [0.15, 0.2) is 0 Å². The van der Waals surface area contributed by atoms with E-state index in [1.165, 1.54) is 24.6 Å². The molecule has 3 aromatic carbocycles. The van der Waals surface area contributed by atoms with E-state index in [4.69, 9.17) is 0 Å². The Morgan fingerprint density at radius 3 is 2.23 bits per heavy atom. The predicted molar refractivity (Wildman–Crippen MR) is 137 cm³/mol. The molecule has 0 atom stereocenters. The minimum absolute atomic E-state index is 0.132. The minimum atomic E-state index is -3.80. The zero-order chi connectivity index (χ0) is 24.8. The third-order valence-corrected chi connectivity index (χ3v) is 7.54. The molecule has 1 fully saturated rings. The predicted octanol–water partition coefficient (Wildman–Crippen LogP) is 5.11. The maximum Gasteiger partial charge on any atom is 0.261 e. The Morgan fingerprint density at radius 2 is 1.49 bits per heavy atom. The molecular formula is C27H29N3O4S. The molecule has 0 bridgehead atoms. The van der Waals surface area contributed by atoms with Crippen LogP contribution in [0.15, 0.2) is 77.7 Å². The van der Waals surface area contributed by atoms with Crippen LogP contribution in [0.4, 0.5) is 11.4 Å². The van der Waals surface area contributed by atoms with Crippen LogP contribution in [0.3, 0.4) is 0 Å². The third kappa shape index (κ3) is 6.08. The number of sulfonamides is 1.